The van der Waals surface area contributed by atoms with Crippen LogP contribution in [-0.4, -0.2) is 41.9 Å². The highest BCUT2D eigenvalue weighted by Crippen LogP contribution is 2.33. The summed E-state index contributed by atoms with van der Waals surface area (Å²) in [6.45, 7) is 6.19. The first-order valence-electron chi connectivity index (χ1n) is 11.7. The van der Waals surface area contributed by atoms with Crippen molar-refractivity contribution >= 4 is 11.9 Å². The molecule has 0 saturated carbocycles. The normalized spacial score (nSPS) is 20.8. The van der Waals surface area contributed by atoms with E-state index in [0.29, 0.717) is 0 Å². The molecule has 0 unspecified atom stereocenters. The van der Waals surface area contributed by atoms with E-state index in [-0.39, 0.29) is 0 Å². The van der Waals surface area contributed by atoms with Gasteiger partial charge < -0.3 is 4.90 Å². The average molecular weight is 429 g/mol. The fraction of sp³-hybridized carbons (Fsp3) is 0.357. The summed E-state index contributed by atoms with van der Waals surface area (Å²) >= 11 is 1.93. The van der Waals surface area contributed by atoms with E-state index in [2.05, 4.69) is 94.1 Å². The van der Waals surface area contributed by atoms with E-state index in [4.69, 9.17) is 0 Å². The summed E-state index contributed by atoms with van der Waals surface area (Å²) in [6, 6.07) is 30.8. The highest BCUT2D eigenvalue weighted by molar-refractivity contribution is 7.97. The van der Waals surface area contributed by atoms with Crippen molar-refractivity contribution < 1.29 is 0 Å². The Kier molecular flexibility index (Phi) is 6.74. The Bertz CT molecular complexity index is 934. The van der Waals surface area contributed by atoms with Crippen molar-refractivity contribution in [2.75, 3.05) is 32.7 Å². The molecule has 0 aromatic heterocycles. The lowest BCUT2D eigenvalue weighted by molar-refractivity contribution is 0.185. The van der Waals surface area contributed by atoms with Gasteiger partial charge in [-0.2, -0.15) is 0 Å². The second kappa shape index (κ2) is 10.0. The Morgan fingerprint density at radius 2 is 1.32 bits per heavy atom. The van der Waals surface area contributed by atoms with Crippen LogP contribution in [0.2, 0.25) is 0 Å². The van der Waals surface area contributed by atoms with Gasteiger partial charge in [0.15, 0.2) is 0 Å². The highest BCUT2D eigenvalue weighted by atomic mass is 32.2. The largest absolute Gasteiger partial charge is 0.303 e. The Labute approximate surface area is 191 Å². The molecular weight excluding hydrogens is 396 g/mol. The van der Waals surface area contributed by atoms with Gasteiger partial charge in [0.2, 0.25) is 0 Å². The minimum Gasteiger partial charge on any atom is -0.303 e. The zero-order valence-corrected chi connectivity index (χ0v) is 19.0. The summed E-state index contributed by atoms with van der Waals surface area (Å²) in [6.07, 6.45) is 3.94. The van der Waals surface area contributed by atoms with Crippen molar-refractivity contribution in [3.05, 3.63) is 90.5 Å². The van der Waals surface area contributed by atoms with Crippen molar-refractivity contribution in [2.24, 2.45) is 5.92 Å². The SMILES string of the molecule is c1ccc(-c2ccc(SN3CC[C@@H](CN4CCC(c5ccccc5)CC4)C3)cc2)cc1. The van der Waals surface area contributed by atoms with Gasteiger partial charge in [0.1, 0.15) is 0 Å². The van der Waals surface area contributed by atoms with Crippen LogP contribution in [-0.2, 0) is 0 Å². The Hall–Kier alpha value is -2.07. The van der Waals surface area contributed by atoms with Gasteiger partial charge in [-0.3, -0.25) is 0 Å². The molecule has 3 heteroatoms. The maximum absolute atomic E-state index is 2.72. The number of likely N-dealkylation sites (tertiary alicyclic amines) is 1. The Morgan fingerprint density at radius 3 is 2.03 bits per heavy atom. The van der Waals surface area contributed by atoms with Crippen LogP contribution in [0.1, 0.15) is 30.7 Å². The third-order valence-electron chi connectivity index (χ3n) is 6.82. The second-order valence-corrected chi connectivity index (χ2v) is 10.2. The van der Waals surface area contributed by atoms with Gasteiger partial charge in [0.05, 0.1) is 0 Å². The first-order chi connectivity index (χ1) is 15.3. The average Bonchev–Trinajstić information content (AvgIpc) is 3.28. The van der Waals surface area contributed by atoms with E-state index in [9.17, 15) is 0 Å². The van der Waals surface area contributed by atoms with Crippen LogP contribution in [0.3, 0.4) is 0 Å². The van der Waals surface area contributed by atoms with Gasteiger partial charge in [-0.05, 0) is 85.0 Å². The summed E-state index contributed by atoms with van der Waals surface area (Å²) < 4.78 is 2.57. The van der Waals surface area contributed by atoms with Crippen LogP contribution < -0.4 is 0 Å². The fourth-order valence-corrected chi connectivity index (χ4v) is 6.09. The lowest BCUT2D eigenvalue weighted by atomic mass is 9.89. The maximum Gasteiger partial charge on any atom is 0.0230 e. The van der Waals surface area contributed by atoms with Crippen molar-refractivity contribution in [3.8, 4) is 11.1 Å². The van der Waals surface area contributed by atoms with Crippen LogP contribution in [0.25, 0.3) is 11.1 Å². The monoisotopic (exact) mass is 428 g/mol. The molecule has 31 heavy (non-hydrogen) atoms. The summed E-state index contributed by atoms with van der Waals surface area (Å²) in [7, 11) is 0. The lowest BCUT2D eigenvalue weighted by Crippen LogP contribution is -2.37. The molecule has 2 aliphatic heterocycles. The minimum absolute atomic E-state index is 0.756. The van der Waals surface area contributed by atoms with Crippen molar-refractivity contribution in [2.45, 2.75) is 30.1 Å². The smallest absolute Gasteiger partial charge is 0.0230 e. The molecule has 0 spiro atoms. The summed E-state index contributed by atoms with van der Waals surface area (Å²) in [5.74, 6) is 1.57. The summed E-state index contributed by atoms with van der Waals surface area (Å²) in [5, 5.41) is 0. The fourth-order valence-electron chi connectivity index (χ4n) is 5.06. The molecule has 5 rings (SSSR count). The number of hydrogen-bond donors (Lipinski definition) is 0. The van der Waals surface area contributed by atoms with Gasteiger partial charge >= 0.3 is 0 Å². The maximum atomic E-state index is 2.72. The topological polar surface area (TPSA) is 6.48 Å². The quantitative estimate of drug-likeness (QED) is 0.410. The molecule has 3 aromatic rings. The van der Waals surface area contributed by atoms with Crippen LogP contribution >= 0.6 is 11.9 Å². The van der Waals surface area contributed by atoms with E-state index < -0.39 is 0 Å². The van der Waals surface area contributed by atoms with E-state index in [1.165, 1.54) is 73.6 Å². The molecule has 3 aromatic carbocycles. The predicted molar refractivity (Wildman–Crippen MR) is 132 cm³/mol. The minimum atomic E-state index is 0.756. The number of nitrogens with zero attached hydrogens (tertiary/aromatic N) is 2. The molecule has 2 heterocycles. The molecule has 160 valence electrons. The molecular formula is C28H32N2S. The number of piperidine rings is 1. The molecule has 2 nitrogen and oxygen atoms in total. The lowest BCUT2D eigenvalue weighted by Gasteiger charge is -2.33. The molecule has 0 radical (unpaired) electrons. The molecule has 2 aliphatic rings. The first kappa shape index (κ1) is 20.8. The second-order valence-electron chi connectivity index (χ2n) is 9.01. The summed E-state index contributed by atoms with van der Waals surface area (Å²) in [4.78, 5) is 4.07. The van der Waals surface area contributed by atoms with Crippen LogP contribution in [0.5, 0.6) is 0 Å². The Balaban J connectivity index is 1.08. The van der Waals surface area contributed by atoms with E-state index >= 15 is 0 Å². The van der Waals surface area contributed by atoms with Gasteiger partial charge in [-0.25, -0.2) is 4.31 Å². The molecule has 0 N–H and O–H groups in total. The molecule has 0 amide bonds. The van der Waals surface area contributed by atoms with E-state index in [1.54, 1.807) is 0 Å². The number of hydrogen-bond acceptors (Lipinski definition) is 3. The predicted octanol–water partition coefficient (Wildman–Crippen LogP) is 6.56. The third kappa shape index (κ3) is 5.41. The summed E-state index contributed by atoms with van der Waals surface area (Å²) in [5.41, 5.74) is 4.11. The number of benzene rings is 3. The zero-order valence-electron chi connectivity index (χ0n) is 18.2. The number of rotatable bonds is 6. The highest BCUT2D eigenvalue weighted by Gasteiger charge is 2.27. The van der Waals surface area contributed by atoms with Gasteiger partial charge in [-0.15, -0.1) is 0 Å². The van der Waals surface area contributed by atoms with Crippen molar-refractivity contribution in [1.82, 2.24) is 9.21 Å². The van der Waals surface area contributed by atoms with Gasteiger partial charge in [-0.1, -0.05) is 72.8 Å². The van der Waals surface area contributed by atoms with Crippen LogP contribution in [0.4, 0.5) is 0 Å². The molecule has 0 bridgehead atoms. The van der Waals surface area contributed by atoms with Crippen LogP contribution in [0.15, 0.2) is 89.8 Å². The molecule has 0 aliphatic carbocycles. The van der Waals surface area contributed by atoms with Gasteiger partial charge in [0.25, 0.3) is 0 Å². The third-order valence-corrected chi connectivity index (χ3v) is 7.89. The van der Waals surface area contributed by atoms with Crippen LogP contribution in [0, 0.1) is 5.92 Å². The zero-order chi connectivity index (χ0) is 20.9. The molecule has 2 saturated heterocycles. The van der Waals surface area contributed by atoms with Crippen molar-refractivity contribution in [1.29, 1.82) is 0 Å². The molecule has 2 fully saturated rings. The van der Waals surface area contributed by atoms with E-state index in [1.807, 2.05) is 11.9 Å². The Morgan fingerprint density at radius 1 is 0.677 bits per heavy atom. The van der Waals surface area contributed by atoms with Crippen molar-refractivity contribution in [3.63, 3.8) is 0 Å². The standard InChI is InChI=1S/C28H32N2S/c1-3-7-24(8-4-1)26-11-13-28(14-12-26)31-30-20-15-23(22-30)21-29-18-16-27(17-19-29)25-9-5-2-6-10-25/h1-14,23,27H,15-22H2/t23-/m0/s1. The van der Waals surface area contributed by atoms with Gasteiger partial charge in [0, 0.05) is 24.5 Å². The first-order valence-corrected chi connectivity index (χ1v) is 12.5. The molecule has 1 atom stereocenters. The van der Waals surface area contributed by atoms with E-state index in [0.717, 1.165) is 11.8 Å².